The number of hydrogen-bond donors (Lipinski definition) is 2. The number of nitrogens with one attached hydrogen (secondary N) is 1. The number of aliphatic hydroxyl groups excluding tert-OH is 1. The zero-order chi connectivity index (χ0) is 12.1. The van der Waals surface area contributed by atoms with Crippen LogP contribution in [-0.2, 0) is 0 Å². The molecule has 0 bridgehead atoms. The largest absolute Gasteiger partial charge is 0.467 e. The van der Waals surface area contributed by atoms with Crippen molar-refractivity contribution in [1.29, 1.82) is 0 Å². The average molecular weight is 231 g/mol. The van der Waals surface area contributed by atoms with Crippen LogP contribution in [0, 0.1) is 0 Å². The van der Waals surface area contributed by atoms with Crippen molar-refractivity contribution in [3.05, 3.63) is 60.1 Å². The summed E-state index contributed by atoms with van der Waals surface area (Å²) in [5, 5.41) is 12.5. The van der Waals surface area contributed by atoms with Gasteiger partial charge in [0, 0.05) is 6.04 Å². The van der Waals surface area contributed by atoms with Crippen molar-refractivity contribution in [2.24, 2.45) is 0 Å². The summed E-state index contributed by atoms with van der Waals surface area (Å²) in [4.78, 5) is 0. The first-order valence-electron chi connectivity index (χ1n) is 5.76. The van der Waals surface area contributed by atoms with E-state index in [4.69, 9.17) is 9.52 Å². The highest BCUT2D eigenvalue weighted by molar-refractivity contribution is 5.26. The average Bonchev–Trinajstić information content (AvgIpc) is 2.90. The molecule has 1 heterocycles. The zero-order valence-corrected chi connectivity index (χ0v) is 9.84. The first-order chi connectivity index (χ1) is 8.31. The predicted molar refractivity (Wildman–Crippen MR) is 66.7 cm³/mol. The first kappa shape index (κ1) is 11.9. The van der Waals surface area contributed by atoms with Gasteiger partial charge >= 0.3 is 0 Å². The normalized spacial score (nSPS) is 14.5. The van der Waals surface area contributed by atoms with Gasteiger partial charge in [0.05, 0.1) is 18.9 Å². The fraction of sp³-hybridized carbons (Fsp3) is 0.286. The molecular weight excluding hydrogens is 214 g/mol. The van der Waals surface area contributed by atoms with E-state index in [9.17, 15) is 0 Å². The van der Waals surface area contributed by atoms with Crippen LogP contribution in [0.5, 0.6) is 0 Å². The van der Waals surface area contributed by atoms with Gasteiger partial charge in [0.15, 0.2) is 0 Å². The lowest BCUT2D eigenvalue weighted by atomic mass is 10.0. The van der Waals surface area contributed by atoms with Crippen LogP contribution in [-0.4, -0.2) is 17.8 Å². The molecule has 0 spiro atoms. The molecule has 0 amide bonds. The van der Waals surface area contributed by atoms with Gasteiger partial charge in [-0.2, -0.15) is 0 Å². The summed E-state index contributed by atoms with van der Waals surface area (Å²) >= 11 is 0. The third-order valence-corrected chi connectivity index (χ3v) is 2.69. The van der Waals surface area contributed by atoms with Gasteiger partial charge in [0.25, 0.3) is 0 Å². The third-order valence-electron chi connectivity index (χ3n) is 2.69. The molecule has 3 nitrogen and oxygen atoms in total. The molecule has 1 aromatic heterocycles. The molecule has 2 unspecified atom stereocenters. The molecule has 2 N–H and O–H groups in total. The topological polar surface area (TPSA) is 45.4 Å². The number of aliphatic hydroxyl groups is 1. The fourth-order valence-corrected chi connectivity index (χ4v) is 1.78. The molecule has 0 aliphatic carbocycles. The third kappa shape index (κ3) is 2.96. The lowest BCUT2D eigenvalue weighted by molar-refractivity contribution is 0.241. The molecule has 2 aromatic rings. The van der Waals surface area contributed by atoms with E-state index in [0.717, 1.165) is 11.3 Å². The lowest BCUT2D eigenvalue weighted by Crippen LogP contribution is -2.33. The molecule has 0 radical (unpaired) electrons. The summed E-state index contributed by atoms with van der Waals surface area (Å²) in [7, 11) is 0. The minimum Gasteiger partial charge on any atom is -0.467 e. The van der Waals surface area contributed by atoms with Crippen molar-refractivity contribution in [3.8, 4) is 0 Å². The van der Waals surface area contributed by atoms with E-state index in [-0.39, 0.29) is 18.7 Å². The molecule has 0 saturated carbocycles. The smallest absolute Gasteiger partial charge is 0.125 e. The van der Waals surface area contributed by atoms with Crippen molar-refractivity contribution in [2.75, 3.05) is 6.61 Å². The van der Waals surface area contributed by atoms with E-state index in [1.807, 2.05) is 49.4 Å². The Hall–Kier alpha value is -1.58. The van der Waals surface area contributed by atoms with E-state index in [0.29, 0.717) is 0 Å². The maximum absolute atomic E-state index is 9.13. The number of benzene rings is 1. The number of rotatable bonds is 5. The SMILES string of the molecule is CC(CO)NC(c1ccccc1)c1ccco1. The minimum absolute atomic E-state index is 0.0188. The van der Waals surface area contributed by atoms with Crippen LogP contribution < -0.4 is 5.32 Å². The van der Waals surface area contributed by atoms with Crippen LogP contribution in [0.25, 0.3) is 0 Å². The van der Waals surface area contributed by atoms with Crippen LogP contribution in [0.4, 0.5) is 0 Å². The Balaban J connectivity index is 2.25. The van der Waals surface area contributed by atoms with Crippen molar-refractivity contribution in [1.82, 2.24) is 5.32 Å². The highest BCUT2D eigenvalue weighted by Gasteiger charge is 2.18. The van der Waals surface area contributed by atoms with E-state index >= 15 is 0 Å². The number of furan rings is 1. The fourth-order valence-electron chi connectivity index (χ4n) is 1.78. The van der Waals surface area contributed by atoms with Crippen molar-refractivity contribution in [2.45, 2.75) is 19.0 Å². The maximum Gasteiger partial charge on any atom is 0.125 e. The van der Waals surface area contributed by atoms with Crippen molar-refractivity contribution >= 4 is 0 Å². The summed E-state index contributed by atoms with van der Waals surface area (Å²) in [5.41, 5.74) is 1.13. The van der Waals surface area contributed by atoms with Gasteiger partial charge in [-0.3, -0.25) is 5.32 Å². The molecule has 2 rings (SSSR count). The molecule has 90 valence electrons. The highest BCUT2D eigenvalue weighted by Crippen LogP contribution is 2.22. The molecule has 1 aromatic carbocycles. The second kappa shape index (κ2) is 5.66. The highest BCUT2D eigenvalue weighted by atomic mass is 16.3. The zero-order valence-electron chi connectivity index (χ0n) is 9.84. The summed E-state index contributed by atoms with van der Waals surface area (Å²) in [5.74, 6) is 0.858. The van der Waals surface area contributed by atoms with Gasteiger partial charge < -0.3 is 9.52 Å². The quantitative estimate of drug-likeness (QED) is 0.830. The van der Waals surface area contributed by atoms with Crippen LogP contribution >= 0.6 is 0 Å². The molecule has 3 heteroatoms. The summed E-state index contributed by atoms with van der Waals surface area (Å²) in [6.07, 6.45) is 1.66. The lowest BCUT2D eigenvalue weighted by Gasteiger charge is -2.20. The standard InChI is InChI=1S/C14H17NO2/c1-11(10-16)15-14(13-8-5-9-17-13)12-6-3-2-4-7-12/h2-9,11,14-16H,10H2,1H3. The predicted octanol–water partition coefficient (Wildman–Crippen LogP) is 2.34. The molecule has 0 fully saturated rings. The van der Waals surface area contributed by atoms with E-state index in [1.165, 1.54) is 0 Å². The molecule has 0 aliphatic rings. The Morgan fingerprint density at radius 2 is 1.94 bits per heavy atom. The molecule has 0 saturated heterocycles. The molecule has 2 atom stereocenters. The maximum atomic E-state index is 9.13. The second-order valence-electron chi connectivity index (χ2n) is 4.11. The Bertz CT molecular complexity index is 425. The molecular formula is C14H17NO2. The number of hydrogen-bond acceptors (Lipinski definition) is 3. The Kier molecular flexibility index (Phi) is 3.96. The van der Waals surface area contributed by atoms with Crippen molar-refractivity contribution in [3.63, 3.8) is 0 Å². The minimum atomic E-state index is -0.0200. The van der Waals surface area contributed by atoms with Crippen LogP contribution in [0.1, 0.15) is 24.3 Å². The van der Waals surface area contributed by atoms with Gasteiger partial charge in [-0.1, -0.05) is 30.3 Å². The monoisotopic (exact) mass is 231 g/mol. The van der Waals surface area contributed by atoms with E-state index in [1.54, 1.807) is 6.26 Å². The van der Waals surface area contributed by atoms with Crippen LogP contribution in [0.15, 0.2) is 53.1 Å². The van der Waals surface area contributed by atoms with Crippen molar-refractivity contribution < 1.29 is 9.52 Å². The van der Waals surface area contributed by atoms with E-state index < -0.39 is 0 Å². The van der Waals surface area contributed by atoms with Gasteiger partial charge in [-0.05, 0) is 24.6 Å². The van der Waals surface area contributed by atoms with Gasteiger partial charge in [-0.15, -0.1) is 0 Å². The second-order valence-corrected chi connectivity index (χ2v) is 4.11. The van der Waals surface area contributed by atoms with Gasteiger partial charge in [0.2, 0.25) is 0 Å². The summed E-state index contributed by atoms with van der Waals surface area (Å²) in [6.45, 7) is 2.04. The van der Waals surface area contributed by atoms with Gasteiger partial charge in [0.1, 0.15) is 5.76 Å². The van der Waals surface area contributed by atoms with Gasteiger partial charge in [-0.25, -0.2) is 0 Å². The summed E-state index contributed by atoms with van der Waals surface area (Å²) < 4.78 is 5.45. The van der Waals surface area contributed by atoms with E-state index in [2.05, 4.69) is 5.32 Å². The summed E-state index contributed by atoms with van der Waals surface area (Å²) in [6, 6.07) is 13.9. The Morgan fingerprint density at radius 3 is 2.53 bits per heavy atom. The van der Waals surface area contributed by atoms with Crippen LogP contribution in [0.3, 0.4) is 0 Å². The Morgan fingerprint density at radius 1 is 1.18 bits per heavy atom. The molecule has 17 heavy (non-hydrogen) atoms. The van der Waals surface area contributed by atoms with Crippen LogP contribution in [0.2, 0.25) is 0 Å². The Labute approximate surface area is 101 Å². The molecule has 0 aliphatic heterocycles. The first-order valence-corrected chi connectivity index (χ1v) is 5.76.